The third kappa shape index (κ3) is 3.58. The monoisotopic (exact) mass is 334 g/mol. The smallest absolute Gasteiger partial charge is 0.337 e. The van der Waals surface area contributed by atoms with E-state index in [9.17, 15) is 4.79 Å². The molecule has 126 valence electrons. The van der Waals surface area contributed by atoms with Gasteiger partial charge in [-0.15, -0.1) is 0 Å². The van der Waals surface area contributed by atoms with Crippen LogP contribution in [0.25, 0.3) is 11.1 Å². The van der Waals surface area contributed by atoms with Crippen LogP contribution in [-0.4, -0.2) is 29.0 Å². The molecule has 0 aliphatic rings. The molecule has 25 heavy (non-hydrogen) atoms. The van der Waals surface area contributed by atoms with Crippen molar-refractivity contribution in [3.63, 3.8) is 0 Å². The molecule has 6 heteroatoms. The number of methoxy groups -OCH3 is 1. The van der Waals surface area contributed by atoms with Gasteiger partial charge in [-0.25, -0.2) is 14.5 Å². The summed E-state index contributed by atoms with van der Waals surface area (Å²) in [7, 11) is 1.37. The highest BCUT2D eigenvalue weighted by atomic mass is 16.5. The second-order valence-corrected chi connectivity index (χ2v) is 5.49. The Bertz CT molecular complexity index is 927. The van der Waals surface area contributed by atoms with Gasteiger partial charge in [-0.05, 0) is 30.2 Å². The minimum atomic E-state index is -0.354. The number of nitrogens with zero attached hydrogens (tertiary/aromatic N) is 3. The first-order valence-corrected chi connectivity index (χ1v) is 7.72. The number of aryl methyl sites for hydroxylation is 1. The van der Waals surface area contributed by atoms with E-state index in [0.29, 0.717) is 11.5 Å². The second kappa shape index (κ2) is 7.00. The highest BCUT2D eigenvalue weighted by molar-refractivity contribution is 5.92. The summed E-state index contributed by atoms with van der Waals surface area (Å²) in [4.78, 5) is 15.7. The van der Waals surface area contributed by atoms with Gasteiger partial charge in [0.1, 0.15) is 0 Å². The number of nitrogen functional groups attached to an aromatic ring is 1. The molecule has 3 rings (SSSR count). The maximum atomic E-state index is 11.6. The Morgan fingerprint density at radius 1 is 1.20 bits per heavy atom. The van der Waals surface area contributed by atoms with Crippen LogP contribution in [0.3, 0.4) is 0 Å². The first-order valence-electron chi connectivity index (χ1n) is 7.72. The molecule has 0 amide bonds. The summed E-state index contributed by atoms with van der Waals surface area (Å²) in [6.07, 6.45) is 3.50. The number of hydrogen-bond donors (Lipinski definition) is 1. The topological polar surface area (TPSA) is 82.5 Å². The molecule has 0 radical (unpaired) electrons. The Kier molecular flexibility index (Phi) is 4.61. The van der Waals surface area contributed by atoms with Crippen molar-refractivity contribution in [2.45, 2.75) is 6.92 Å². The fourth-order valence-corrected chi connectivity index (χ4v) is 2.50. The molecule has 0 atom stereocenters. The second-order valence-electron chi connectivity index (χ2n) is 5.49. The van der Waals surface area contributed by atoms with Crippen molar-refractivity contribution in [1.29, 1.82) is 0 Å². The van der Waals surface area contributed by atoms with Gasteiger partial charge < -0.3 is 10.5 Å². The van der Waals surface area contributed by atoms with E-state index in [-0.39, 0.29) is 5.97 Å². The fourth-order valence-electron chi connectivity index (χ4n) is 2.50. The number of ether oxygens (including phenoxy) is 1. The lowest BCUT2D eigenvalue weighted by molar-refractivity contribution is 0.0601. The maximum Gasteiger partial charge on any atom is 0.337 e. The van der Waals surface area contributed by atoms with Crippen molar-refractivity contribution in [3.8, 4) is 11.1 Å². The summed E-state index contributed by atoms with van der Waals surface area (Å²) >= 11 is 0. The Morgan fingerprint density at radius 3 is 2.56 bits per heavy atom. The minimum Gasteiger partial charge on any atom is -0.465 e. The van der Waals surface area contributed by atoms with Crippen LogP contribution in [0.2, 0.25) is 0 Å². The average Bonchev–Trinajstić information content (AvgIpc) is 2.97. The lowest BCUT2D eigenvalue weighted by atomic mass is 9.99. The predicted octanol–water partition coefficient (Wildman–Crippen LogP) is 3.11. The number of esters is 1. The van der Waals surface area contributed by atoms with Crippen LogP contribution in [0.5, 0.6) is 0 Å². The van der Waals surface area contributed by atoms with Gasteiger partial charge >= 0.3 is 5.97 Å². The lowest BCUT2D eigenvalue weighted by Gasteiger charge is -2.07. The first-order chi connectivity index (χ1) is 12.1. The quantitative estimate of drug-likeness (QED) is 0.587. The molecular weight excluding hydrogens is 316 g/mol. The van der Waals surface area contributed by atoms with E-state index >= 15 is 0 Å². The number of anilines is 1. The molecule has 0 spiro atoms. The number of carbonyl (C=O) groups is 1. The number of imidazole rings is 1. The van der Waals surface area contributed by atoms with Gasteiger partial charge in [0.25, 0.3) is 0 Å². The van der Waals surface area contributed by atoms with E-state index in [0.717, 1.165) is 22.4 Å². The Labute approximate surface area is 145 Å². The van der Waals surface area contributed by atoms with Gasteiger partial charge in [0.05, 0.1) is 30.8 Å². The highest BCUT2D eigenvalue weighted by Gasteiger charge is 2.07. The zero-order valence-corrected chi connectivity index (χ0v) is 14.0. The number of nitrogens with two attached hydrogens (primary N) is 1. The van der Waals surface area contributed by atoms with Crippen LogP contribution in [0.15, 0.2) is 59.8 Å². The van der Waals surface area contributed by atoms with Gasteiger partial charge in [-0.1, -0.05) is 36.4 Å². The molecule has 1 aromatic heterocycles. The number of aromatic nitrogens is 2. The van der Waals surface area contributed by atoms with Gasteiger partial charge in [-0.2, -0.15) is 5.10 Å². The fraction of sp³-hybridized carbons (Fsp3) is 0.105. The van der Waals surface area contributed by atoms with Gasteiger partial charge in [0.15, 0.2) is 0 Å². The Hall–Kier alpha value is -3.41. The molecule has 0 aliphatic heterocycles. The normalized spacial score (nSPS) is 11.0. The summed E-state index contributed by atoms with van der Waals surface area (Å²) in [6, 6.07) is 15.1. The van der Waals surface area contributed by atoms with Crippen molar-refractivity contribution in [3.05, 3.63) is 71.5 Å². The van der Waals surface area contributed by atoms with Gasteiger partial charge in [0, 0.05) is 5.56 Å². The summed E-state index contributed by atoms with van der Waals surface area (Å²) in [5.41, 5.74) is 10.0. The molecule has 0 aliphatic carbocycles. The molecular formula is C19H18N4O2. The molecule has 0 unspecified atom stereocenters. The SMILES string of the molecule is COC(=O)c1ccc(-c2ccccc2C=Nn2cc(C)nc2N)cc1. The number of carbonyl (C=O) groups excluding carboxylic acids is 1. The van der Waals surface area contributed by atoms with Crippen molar-refractivity contribution in [1.82, 2.24) is 9.66 Å². The van der Waals surface area contributed by atoms with E-state index in [4.69, 9.17) is 10.5 Å². The summed E-state index contributed by atoms with van der Waals surface area (Å²) < 4.78 is 6.26. The van der Waals surface area contributed by atoms with E-state index in [1.54, 1.807) is 24.5 Å². The minimum absolute atomic E-state index is 0.341. The summed E-state index contributed by atoms with van der Waals surface area (Å²) in [5, 5.41) is 4.37. The van der Waals surface area contributed by atoms with Gasteiger partial charge in [-0.3, -0.25) is 0 Å². The number of hydrogen-bond acceptors (Lipinski definition) is 5. The lowest BCUT2D eigenvalue weighted by Crippen LogP contribution is -2.00. The standard InChI is InChI=1S/C19H18N4O2/c1-13-12-23(19(20)22-13)21-11-16-5-3-4-6-17(16)14-7-9-15(10-8-14)18(24)25-2/h3-12H,1-2H3,(H2,20,22). The van der Waals surface area contributed by atoms with Crippen molar-refractivity contribution in [2.24, 2.45) is 5.10 Å². The van der Waals surface area contributed by atoms with Crippen LogP contribution in [-0.2, 0) is 4.74 Å². The highest BCUT2D eigenvalue weighted by Crippen LogP contribution is 2.23. The van der Waals surface area contributed by atoms with Crippen LogP contribution in [0.1, 0.15) is 21.6 Å². The molecule has 2 N–H and O–H groups in total. The van der Waals surface area contributed by atoms with Crippen molar-refractivity contribution in [2.75, 3.05) is 12.8 Å². The molecule has 0 bridgehead atoms. The van der Waals surface area contributed by atoms with E-state index < -0.39 is 0 Å². The Balaban J connectivity index is 1.93. The molecule has 0 saturated heterocycles. The third-order valence-corrected chi connectivity index (χ3v) is 3.73. The summed E-state index contributed by atoms with van der Waals surface area (Å²) in [6.45, 7) is 1.86. The van der Waals surface area contributed by atoms with Crippen LogP contribution < -0.4 is 5.73 Å². The molecule has 2 aromatic carbocycles. The molecule has 6 nitrogen and oxygen atoms in total. The third-order valence-electron chi connectivity index (χ3n) is 3.73. The zero-order chi connectivity index (χ0) is 17.8. The van der Waals surface area contributed by atoms with Gasteiger partial charge in [0.2, 0.25) is 5.95 Å². The van der Waals surface area contributed by atoms with E-state index in [1.165, 1.54) is 11.8 Å². The van der Waals surface area contributed by atoms with Crippen LogP contribution in [0.4, 0.5) is 5.95 Å². The van der Waals surface area contributed by atoms with Crippen molar-refractivity contribution >= 4 is 18.1 Å². The largest absolute Gasteiger partial charge is 0.465 e. The predicted molar refractivity (Wildman–Crippen MR) is 97.6 cm³/mol. The molecule has 0 fully saturated rings. The first kappa shape index (κ1) is 16.4. The number of benzene rings is 2. The Morgan fingerprint density at radius 2 is 1.92 bits per heavy atom. The van der Waals surface area contributed by atoms with Crippen LogP contribution >= 0.6 is 0 Å². The molecule has 1 heterocycles. The zero-order valence-electron chi connectivity index (χ0n) is 14.0. The summed E-state index contributed by atoms with van der Waals surface area (Å²) in [5.74, 6) is -0.0130. The molecule has 0 saturated carbocycles. The molecule has 3 aromatic rings. The maximum absolute atomic E-state index is 11.6. The number of rotatable bonds is 4. The van der Waals surface area contributed by atoms with Crippen LogP contribution in [0, 0.1) is 6.92 Å². The van der Waals surface area contributed by atoms with Crippen molar-refractivity contribution < 1.29 is 9.53 Å². The van der Waals surface area contributed by atoms with E-state index in [2.05, 4.69) is 10.1 Å². The average molecular weight is 334 g/mol. The van der Waals surface area contributed by atoms with E-state index in [1.807, 2.05) is 43.3 Å².